The predicted octanol–water partition coefficient (Wildman–Crippen LogP) is 6.51. The van der Waals surface area contributed by atoms with Gasteiger partial charge in [0.2, 0.25) is 5.91 Å². The summed E-state index contributed by atoms with van der Waals surface area (Å²) in [6.07, 6.45) is -18.6. The molecule has 2 N–H and O–H groups in total. The minimum atomic E-state index is -4.92. The van der Waals surface area contributed by atoms with E-state index in [0.717, 1.165) is 51.4 Å². The number of nitrogens with zero attached hydrogens (tertiary/aromatic N) is 1. The SMILES string of the molecule is CCCCCCCCCCCCCC(=O)OC[C@@H](COP(=O)(O)OCCN=C([O-])CCC(=O)NCC1O[C@@H]2O[C@H]3[C@@H](OC)[C@H](OC)[C@@H](O[C@@H]4[C@@H](OC)[C@H](OC)[C@H](O[C@@H]5[C@@H](OC)[C@@H](OC)C(O[C@@H]6[C@H](OC)[C@@H](OC)[C@H](O[C@@H]7[C@H](OC)[C@@H](OC)[C@H](O[C@@H]8[C@H](OC)[C@@H](OC)[C@@H](O[C@H]8COC)O[C@H]1[C@@H](OC)[C@@H]2OC)O[C@H]7COC)O[C@H]6COC)O[C@@H]5COC)O[C@@H]4COC)O[C@@H]3COC)OC(=O)CCCCCCCCCCCCC. The lowest BCUT2D eigenvalue weighted by molar-refractivity contribution is -0.402. The van der Waals surface area contributed by atoms with Gasteiger partial charge in [0, 0.05) is 168 Å². The van der Waals surface area contributed by atoms with E-state index in [1.54, 1.807) is 0 Å². The van der Waals surface area contributed by atoms with Gasteiger partial charge in [-0.1, -0.05) is 142 Å². The Morgan fingerprint density at radius 2 is 0.541 bits per heavy atom. The van der Waals surface area contributed by atoms with Crippen molar-refractivity contribution in [3.8, 4) is 0 Å². The van der Waals surface area contributed by atoms with E-state index < -0.39 is 298 Å². The molecule has 21 aliphatic heterocycles. The third kappa shape index (κ3) is 37.7. The Labute approximate surface area is 863 Å². The maximum atomic E-state index is 14.4. The summed E-state index contributed by atoms with van der Waals surface area (Å²) in [7, 11) is 24.3. The molecule has 21 aliphatic rings. The van der Waals surface area contributed by atoms with Gasteiger partial charge in [-0.05, 0) is 25.2 Å². The lowest BCUT2D eigenvalue weighted by atomic mass is 9.94. The number of methoxy groups -OCH3 is 20. The van der Waals surface area contributed by atoms with Crippen LogP contribution in [-0.4, -0.2) is 464 Å². The third-order valence-corrected chi connectivity index (χ3v) is 28.8. The molecular weight excluding hydrogens is 1950 g/mol. The van der Waals surface area contributed by atoms with E-state index in [2.05, 4.69) is 24.2 Å². The van der Waals surface area contributed by atoms with Crippen LogP contribution in [0.1, 0.15) is 181 Å². The van der Waals surface area contributed by atoms with Crippen LogP contribution in [0, 0.1) is 0 Å². The molecule has 46 nitrogen and oxygen atoms in total. The van der Waals surface area contributed by atoms with Crippen molar-refractivity contribution in [2.75, 3.05) is 215 Å². The fourth-order valence-corrected chi connectivity index (χ4v) is 21.1. The van der Waals surface area contributed by atoms with E-state index in [4.69, 9.17) is 180 Å². The number of hydrogen-bond donors (Lipinski definition) is 2. The van der Waals surface area contributed by atoms with Gasteiger partial charge in [-0.25, -0.2) is 4.57 Å². The Balaban J connectivity index is 1.07. The topological polar surface area (TPSA) is 487 Å². The van der Waals surface area contributed by atoms with Crippen molar-refractivity contribution in [1.29, 1.82) is 0 Å². The van der Waals surface area contributed by atoms with Crippen LogP contribution in [0.4, 0.5) is 0 Å². The van der Waals surface area contributed by atoms with Crippen molar-refractivity contribution in [2.24, 2.45) is 4.99 Å². The van der Waals surface area contributed by atoms with E-state index in [9.17, 15) is 28.9 Å². The number of carbonyl (C=O) groups is 3. The summed E-state index contributed by atoms with van der Waals surface area (Å²) in [5.74, 6) is -2.52. The van der Waals surface area contributed by atoms with E-state index in [-0.39, 0.29) is 52.5 Å². The number of carbonyl (C=O) groups excluding carboxylic acids is 3. The minimum absolute atomic E-state index is 0.0852. The quantitative estimate of drug-likeness (QED) is 0.0215. The molecule has 14 bridgehead atoms. The summed E-state index contributed by atoms with van der Waals surface area (Å²) >= 11 is 0. The molecular formula is C99H178N2O44P-. The van der Waals surface area contributed by atoms with Gasteiger partial charge in [-0.3, -0.25) is 23.4 Å². The number of unbranched alkanes of at least 4 members (excludes halogenated alkanes) is 20. The number of hydrogen-bond acceptors (Lipinski definition) is 44. The van der Waals surface area contributed by atoms with Gasteiger partial charge in [0.15, 0.2) is 50.1 Å². The van der Waals surface area contributed by atoms with Crippen molar-refractivity contribution in [2.45, 2.75) is 402 Å². The van der Waals surface area contributed by atoms with Gasteiger partial charge in [-0.2, -0.15) is 0 Å². The smallest absolute Gasteiger partial charge is 0.472 e. The van der Waals surface area contributed by atoms with Gasteiger partial charge < -0.3 is 191 Å². The molecule has 0 aliphatic carbocycles. The lowest BCUT2D eigenvalue weighted by Crippen LogP contribution is -2.69. The number of phosphoric acid groups is 1. The molecule has 21 rings (SSSR count). The third-order valence-electron chi connectivity index (χ3n) is 27.8. The molecule has 0 aromatic carbocycles. The molecule has 0 radical (unpaired) electrons. The van der Waals surface area contributed by atoms with Crippen molar-refractivity contribution in [1.82, 2.24) is 5.32 Å². The molecule has 21 fully saturated rings. The number of phosphoric ester groups is 1. The number of nitrogens with one attached hydrogen (secondary N) is 1. The first kappa shape index (κ1) is 128. The average Bonchev–Trinajstić information content (AvgIpc) is 0.782. The fourth-order valence-electron chi connectivity index (χ4n) is 20.3. The first-order valence-corrected chi connectivity index (χ1v) is 53.3. The van der Waals surface area contributed by atoms with Crippen LogP contribution in [0.25, 0.3) is 0 Å². The van der Waals surface area contributed by atoms with Crippen LogP contribution in [0.3, 0.4) is 0 Å². The molecule has 0 aromatic heterocycles. The second-order valence-electron chi connectivity index (χ2n) is 37.6. The number of esters is 2. The number of ether oxygens (including phenoxy) is 36. The van der Waals surface area contributed by atoms with Crippen LogP contribution in [-0.2, 0) is 199 Å². The van der Waals surface area contributed by atoms with Gasteiger partial charge >= 0.3 is 19.8 Å². The Morgan fingerprint density at radius 1 is 0.301 bits per heavy atom. The molecule has 0 aromatic rings. The zero-order chi connectivity index (χ0) is 106. The monoisotopic (exact) mass is 2130 g/mol. The van der Waals surface area contributed by atoms with Gasteiger partial charge in [-0.15, -0.1) is 0 Å². The number of amides is 1. The molecule has 146 heavy (non-hydrogen) atoms. The fraction of sp³-hybridized carbons (Fsp3) is 0.960. The second-order valence-corrected chi connectivity index (χ2v) is 39.0. The molecule has 854 valence electrons. The first-order valence-electron chi connectivity index (χ1n) is 51.9. The molecule has 37 atom stereocenters. The van der Waals surface area contributed by atoms with Crippen LogP contribution >= 0.6 is 7.82 Å². The molecule has 1 amide bonds. The van der Waals surface area contributed by atoms with E-state index >= 15 is 0 Å². The summed E-state index contributed by atoms with van der Waals surface area (Å²) in [6, 6.07) is 0. The van der Waals surface area contributed by atoms with E-state index in [1.165, 1.54) is 219 Å². The molecule has 0 spiro atoms. The molecule has 21 heterocycles. The molecule has 0 saturated carbocycles. The summed E-state index contributed by atoms with van der Waals surface area (Å²) in [5.41, 5.74) is 0. The van der Waals surface area contributed by atoms with Crippen molar-refractivity contribution in [3.63, 3.8) is 0 Å². The Morgan fingerprint density at radius 3 is 0.795 bits per heavy atom. The normalized spacial score (nSPS) is 35.5. The Hall–Kier alpha value is -3.37. The Bertz CT molecular complexity index is 3530. The van der Waals surface area contributed by atoms with Crippen molar-refractivity contribution >= 4 is 31.6 Å². The summed E-state index contributed by atoms with van der Waals surface area (Å²) < 4.78 is 258. The maximum absolute atomic E-state index is 14.4. The maximum Gasteiger partial charge on any atom is 0.472 e. The minimum Gasteiger partial charge on any atom is -0.862 e. The number of rotatable bonds is 65. The zero-order valence-corrected chi connectivity index (χ0v) is 91.2. The standard InChI is InChI=1S/C99H179N2O44P/c1-23-25-27-29-31-33-35-37-39-41-43-45-70(104)128-52-60(131-71(105)46-44-42-40-38-36-34-32-30-28-26-24-2)53-130-146(106,107)129-50-49-100-68(102)47-48-69(103)101-51-61-72-79(114-9)86(121-16)93(132-61)140-73-62(54-108-3)134-95(88(123-18)80(73)115-10)142-75-64(56-110-5)136-97(90(125-20)82(75)117-12)144-77-66(58-112-7)138-99(92(127-22)84(77)119-14)145-78-67(59-113-8)137-98(91(126-21)85(78)120-15)143-76-65(57-111-6)135-96(89(124-19)83(76)118-13)141-74-63(55-109-4)133-94(139-72)87(122-17)81(74)116-11/h60-67,72-99H,23-59H2,1-22H3,(H,100,102)(H,101,103)(H,106,107)/p-1/t60-,61?,62+,63-,64+,65-,66+,67-,72+,73+,74-,75-,76-,77-,78-,79+,80+,81-,82+,83-,84+,85-,86-,87+,88-,89+,90-,91+,92+,93+,94-,95+,96-,97-,98-,99?/m0/s1. The lowest BCUT2D eigenvalue weighted by Gasteiger charge is -2.52. The summed E-state index contributed by atoms with van der Waals surface area (Å²) in [6.45, 7) is 1.16. The highest BCUT2D eigenvalue weighted by molar-refractivity contribution is 7.47. The highest BCUT2D eigenvalue weighted by Crippen LogP contribution is 2.46. The highest BCUT2D eigenvalue weighted by atomic mass is 31.2. The molecule has 21 saturated heterocycles. The predicted molar refractivity (Wildman–Crippen MR) is 516 cm³/mol. The van der Waals surface area contributed by atoms with Gasteiger partial charge in [0.1, 0.15) is 178 Å². The van der Waals surface area contributed by atoms with E-state index in [0.29, 0.717) is 12.8 Å². The first-order chi connectivity index (χ1) is 70.9. The van der Waals surface area contributed by atoms with Gasteiger partial charge in [0.25, 0.3) is 0 Å². The number of aliphatic imine (C=N–C) groups is 1. The molecule has 47 heteroatoms. The zero-order valence-electron chi connectivity index (χ0n) is 90.3. The van der Waals surface area contributed by atoms with Crippen molar-refractivity contribution < 1.29 is 209 Å². The van der Waals surface area contributed by atoms with E-state index in [1.807, 2.05) is 0 Å². The molecule has 3 unspecified atom stereocenters. The Kier molecular flexibility index (Phi) is 61.5. The van der Waals surface area contributed by atoms with Crippen LogP contribution in [0.15, 0.2) is 4.99 Å². The van der Waals surface area contributed by atoms with Crippen LogP contribution in [0.5, 0.6) is 0 Å². The van der Waals surface area contributed by atoms with Crippen LogP contribution < -0.4 is 10.4 Å². The van der Waals surface area contributed by atoms with Crippen LogP contribution in [0.2, 0.25) is 0 Å². The average molecular weight is 2130 g/mol. The summed E-state index contributed by atoms with van der Waals surface area (Å²) in [4.78, 5) is 55.6. The highest BCUT2D eigenvalue weighted by Gasteiger charge is 2.63. The summed E-state index contributed by atoms with van der Waals surface area (Å²) in [5, 5.41) is 16.5. The van der Waals surface area contributed by atoms with Gasteiger partial charge in [0.05, 0.1) is 59.4 Å². The second kappa shape index (κ2) is 70.3. The largest absolute Gasteiger partial charge is 0.862 e. The van der Waals surface area contributed by atoms with Crippen molar-refractivity contribution in [3.05, 3.63) is 0 Å².